The molecule has 2 heterocycles. The van der Waals surface area contributed by atoms with Gasteiger partial charge in [-0.15, -0.1) is 0 Å². The van der Waals surface area contributed by atoms with Gasteiger partial charge >= 0.3 is 0 Å². The molecule has 1 fully saturated rings. The monoisotopic (exact) mass is 389 g/mol. The molecular weight excluding hydrogens is 365 g/mol. The zero-order valence-electron chi connectivity index (χ0n) is 16.3. The van der Waals surface area contributed by atoms with Gasteiger partial charge < -0.3 is 9.80 Å². The third-order valence-corrected chi connectivity index (χ3v) is 5.25. The maximum atomic E-state index is 14.3. The quantitative estimate of drug-likeness (QED) is 0.615. The number of aromatic nitrogens is 1. The van der Waals surface area contributed by atoms with Crippen LogP contribution in [0, 0.1) is 5.82 Å². The molecule has 0 atom stereocenters. The lowest BCUT2D eigenvalue weighted by Gasteiger charge is -2.24. The molecule has 29 heavy (non-hydrogen) atoms. The maximum absolute atomic E-state index is 14.3. The lowest BCUT2D eigenvalue weighted by atomic mass is 10.1. The van der Waals surface area contributed by atoms with Crippen LogP contribution in [0.2, 0.25) is 0 Å². The van der Waals surface area contributed by atoms with Crippen LogP contribution in [0.15, 0.2) is 72.9 Å². The number of carbonyl (C=O) groups excluding carboxylic acids is 1. The largest absolute Gasteiger partial charge is 0.372 e. The average molecular weight is 389 g/mol. The standard InChI is InChI=1S/C24H24FN3O/c25-23-12-2-1-8-20(23)17-28(18-21-10-3-4-13-26-21)24(29)19-9-7-11-22(16-19)27-14-5-6-15-27/h1-4,7-13,16H,5-6,14-15,17-18H2. The molecule has 1 amide bonds. The molecule has 0 unspecified atom stereocenters. The second-order valence-electron chi connectivity index (χ2n) is 7.32. The fourth-order valence-electron chi connectivity index (χ4n) is 3.71. The fraction of sp³-hybridized carbons (Fsp3) is 0.250. The summed E-state index contributed by atoms with van der Waals surface area (Å²) in [5, 5.41) is 0. The molecule has 0 aliphatic carbocycles. The molecule has 0 saturated carbocycles. The molecule has 3 aromatic rings. The van der Waals surface area contributed by atoms with Crippen LogP contribution in [0.1, 0.15) is 34.5 Å². The number of carbonyl (C=O) groups is 1. The normalized spacial score (nSPS) is 13.5. The van der Waals surface area contributed by atoms with Crippen molar-refractivity contribution in [1.82, 2.24) is 9.88 Å². The number of hydrogen-bond acceptors (Lipinski definition) is 3. The van der Waals surface area contributed by atoms with Crippen LogP contribution < -0.4 is 4.90 Å². The molecule has 2 aromatic carbocycles. The topological polar surface area (TPSA) is 36.4 Å². The van der Waals surface area contributed by atoms with Crippen molar-refractivity contribution in [2.45, 2.75) is 25.9 Å². The third-order valence-electron chi connectivity index (χ3n) is 5.25. The number of hydrogen-bond donors (Lipinski definition) is 0. The number of nitrogens with zero attached hydrogens (tertiary/aromatic N) is 3. The van der Waals surface area contributed by atoms with Crippen molar-refractivity contribution in [3.05, 3.63) is 95.6 Å². The summed E-state index contributed by atoms with van der Waals surface area (Å²) < 4.78 is 14.3. The van der Waals surface area contributed by atoms with E-state index in [1.54, 1.807) is 29.3 Å². The molecule has 0 spiro atoms. The molecule has 0 N–H and O–H groups in total. The first-order valence-corrected chi connectivity index (χ1v) is 9.98. The molecule has 1 saturated heterocycles. The molecule has 0 radical (unpaired) electrons. The minimum Gasteiger partial charge on any atom is -0.372 e. The van der Waals surface area contributed by atoms with E-state index in [2.05, 4.69) is 9.88 Å². The van der Waals surface area contributed by atoms with Gasteiger partial charge in [-0.25, -0.2) is 4.39 Å². The fourth-order valence-corrected chi connectivity index (χ4v) is 3.71. The second kappa shape index (κ2) is 8.86. The zero-order chi connectivity index (χ0) is 20.1. The highest BCUT2D eigenvalue weighted by Crippen LogP contribution is 2.23. The smallest absolute Gasteiger partial charge is 0.254 e. The van der Waals surface area contributed by atoms with Gasteiger partial charge in [-0.3, -0.25) is 9.78 Å². The highest BCUT2D eigenvalue weighted by Gasteiger charge is 2.20. The van der Waals surface area contributed by atoms with Crippen molar-refractivity contribution in [3.8, 4) is 0 Å². The van der Waals surface area contributed by atoms with Gasteiger partial charge in [0.2, 0.25) is 0 Å². The summed E-state index contributed by atoms with van der Waals surface area (Å²) in [4.78, 5) is 21.7. The van der Waals surface area contributed by atoms with Crippen molar-refractivity contribution < 1.29 is 9.18 Å². The van der Waals surface area contributed by atoms with E-state index < -0.39 is 0 Å². The van der Waals surface area contributed by atoms with Crippen LogP contribution in [0.25, 0.3) is 0 Å². The number of anilines is 1. The van der Waals surface area contributed by atoms with Crippen LogP contribution in [-0.4, -0.2) is 28.9 Å². The Bertz CT molecular complexity index is 971. The summed E-state index contributed by atoms with van der Waals surface area (Å²) in [6, 6.07) is 19.9. The first kappa shape index (κ1) is 19.1. The number of pyridine rings is 1. The van der Waals surface area contributed by atoms with E-state index >= 15 is 0 Å². The Hall–Kier alpha value is -3.21. The summed E-state index contributed by atoms with van der Waals surface area (Å²) in [5.41, 5.74) is 2.94. The van der Waals surface area contributed by atoms with E-state index in [4.69, 9.17) is 0 Å². The average Bonchev–Trinajstić information content (AvgIpc) is 3.30. The van der Waals surface area contributed by atoms with Gasteiger partial charge in [0, 0.05) is 42.6 Å². The van der Waals surface area contributed by atoms with Crippen molar-refractivity contribution in [2.24, 2.45) is 0 Å². The second-order valence-corrected chi connectivity index (χ2v) is 7.32. The van der Waals surface area contributed by atoms with Crippen molar-refractivity contribution in [3.63, 3.8) is 0 Å². The molecule has 4 rings (SSSR count). The molecule has 1 aliphatic heterocycles. The van der Waals surface area contributed by atoms with E-state index in [1.165, 1.54) is 18.9 Å². The van der Waals surface area contributed by atoms with E-state index in [0.717, 1.165) is 24.5 Å². The summed E-state index contributed by atoms with van der Waals surface area (Å²) in [7, 11) is 0. The van der Waals surface area contributed by atoms with Gasteiger partial charge in [-0.1, -0.05) is 30.3 Å². The Morgan fingerprint density at radius 1 is 0.966 bits per heavy atom. The van der Waals surface area contributed by atoms with Crippen LogP contribution in [0.5, 0.6) is 0 Å². The Morgan fingerprint density at radius 3 is 2.52 bits per heavy atom. The summed E-state index contributed by atoms with van der Waals surface area (Å²) in [5.74, 6) is -0.433. The number of rotatable bonds is 6. The van der Waals surface area contributed by atoms with Crippen LogP contribution >= 0.6 is 0 Å². The summed E-state index contributed by atoms with van der Waals surface area (Å²) in [6.45, 7) is 2.55. The Kier molecular flexibility index (Phi) is 5.84. The zero-order valence-corrected chi connectivity index (χ0v) is 16.3. The van der Waals surface area contributed by atoms with Crippen LogP contribution in [0.3, 0.4) is 0 Å². The Labute approximate surface area is 170 Å². The molecule has 1 aromatic heterocycles. The van der Waals surface area contributed by atoms with Gasteiger partial charge in [0.15, 0.2) is 0 Å². The molecule has 1 aliphatic rings. The summed E-state index contributed by atoms with van der Waals surface area (Å²) in [6.07, 6.45) is 4.06. The van der Waals surface area contributed by atoms with Crippen molar-refractivity contribution in [2.75, 3.05) is 18.0 Å². The number of halogens is 1. The van der Waals surface area contributed by atoms with Gasteiger partial charge in [0.05, 0.1) is 12.2 Å². The van der Waals surface area contributed by atoms with E-state index in [1.807, 2.05) is 42.5 Å². The highest BCUT2D eigenvalue weighted by molar-refractivity contribution is 5.95. The minimum atomic E-state index is -0.308. The molecule has 4 nitrogen and oxygen atoms in total. The Balaban J connectivity index is 1.62. The molecule has 5 heteroatoms. The van der Waals surface area contributed by atoms with Crippen LogP contribution in [0.4, 0.5) is 10.1 Å². The van der Waals surface area contributed by atoms with Gasteiger partial charge in [-0.05, 0) is 49.2 Å². The van der Waals surface area contributed by atoms with Gasteiger partial charge in [0.25, 0.3) is 5.91 Å². The van der Waals surface area contributed by atoms with E-state index in [0.29, 0.717) is 17.7 Å². The summed E-state index contributed by atoms with van der Waals surface area (Å²) >= 11 is 0. The number of benzene rings is 2. The lowest BCUT2D eigenvalue weighted by molar-refractivity contribution is 0.0726. The minimum absolute atomic E-state index is 0.125. The van der Waals surface area contributed by atoms with Gasteiger partial charge in [-0.2, -0.15) is 0 Å². The SMILES string of the molecule is O=C(c1cccc(N2CCCC2)c1)N(Cc1ccccn1)Cc1ccccc1F. The maximum Gasteiger partial charge on any atom is 0.254 e. The van der Waals surface area contributed by atoms with Crippen LogP contribution in [-0.2, 0) is 13.1 Å². The number of amides is 1. The van der Waals surface area contributed by atoms with Crippen molar-refractivity contribution in [1.29, 1.82) is 0 Å². The predicted octanol–water partition coefficient (Wildman–Crippen LogP) is 4.66. The van der Waals surface area contributed by atoms with E-state index in [9.17, 15) is 9.18 Å². The highest BCUT2D eigenvalue weighted by atomic mass is 19.1. The molecular formula is C24H24FN3O. The Morgan fingerprint density at radius 2 is 1.76 bits per heavy atom. The first-order chi connectivity index (χ1) is 14.2. The molecule has 148 valence electrons. The lowest BCUT2D eigenvalue weighted by Crippen LogP contribution is -2.31. The van der Waals surface area contributed by atoms with E-state index in [-0.39, 0.29) is 18.3 Å². The van der Waals surface area contributed by atoms with Crippen molar-refractivity contribution >= 4 is 11.6 Å². The van der Waals surface area contributed by atoms with Gasteiger partial charge in [0.1, 0.15) is 5.82 Å². The third kappa shape index (κ3) is 4.62. The first-order valence-electron chi connectivity index (χ1n) is 9.98. The predicted molar refractivity (Wildman–Crippen MR) is 112 cm³/mol. The molecule has 0 bridgehead atoms.